The van der Waals surface area contributed by atoms with Crippen LogP contribution in [0.25, 0.3) is 5.82 Å². The lowest BCUT2D eigenvalue weighted by molar-refractivity contribution is -0.121. The van der Waals surface area contributed by atoms with Crippen LogP contribution in [-0.2, 0) is 4.79 Å². The Bertz CT molecular complexity index is 823. The lowest BCUT2D eigenvalue weighted by Crippen LogP contribution is -2.51. The number of hydrogen-bond acceptors (Lipinski definition) is 6. The number of carbonyl (C=O) groups excluding carboxylic acids is 1. The maximum Gasteiger partial charge on any atom is 0.234 e. The third kappa shape index (κ3) is 4.41. The van der Waals surface area contributed by atoms with E-state index in [1.54, 1.807) is 18.5 Å². The maximum atomic E-state index is 12.4. The van der Waals surface area contributed by atoms with Crippen molar-refractivity contribution in [2.75, 3.05) is 0 Å². The zero-order valence-electron chi connectivity index (χ0n) is 15.9. The summed E-state index contributed by atoms with van der Waals surface area (Å²) in [7, 11) is 0. The van der Waals surface area contributed by atoms with E-state index in [1.807, 2.05) is 45.9 Å². The van der Waals surface area contributed by atoms with Crippen LogP contribution in [0.3, 0.4) is 0 Å². The van der Waals surface area contributed by atoms with Crippen molar-refractivity contribution >= 4 is 17.7 Å². The molecule has 2 atom stereocenters. The summed E-state index contributed by atoms with van der Waals surface area (Å²) in [5.74, 6) is 0.444. The standard InChI is InChI=1S/C18H24N6OS/c1-11(2)18(6,10-19)20-17(25)14(5)26-16-8-7-15(21-22-16)24-13(4)9-12(3)23-24/h7-9,11,14H,1-6H3,(H,20,25). The minimum Gasteiger partial charge on any atom is -0.337 e. The Kier molecular flexibility index (Phi) is 6.03. The van der Waals surface area contributed by atoms with Crippen LogP contribution in [0.4, 0.5) is 0 Å². The largest absolute Gasteiger partial charge is 0.337 e. The van der Waals surface area contributed by atoms with Crippen molar-refractivity contribution in [1.29, 1.82) is 5.26 Å². The highest BCUT2D eigenvalue weighted by atomic mass is 32.2. The van der Waals surface area contributed by atoms with Crippen LogP contribution in [0.15, 0.2) is 23.2 Å². The van der Waals surface area contributed by atoms with Gasteiger partial charge in [0.15, 0.2) is 5.82 Å². The molecule has 0 radical (unpaired) electrons. The van der Waals surface area contributed by atoms with Gasteiger partial charge in [-0.1, -0.05) is 25.6 Å². The van der Waals surface area contributed by atoms with Crippen LogP contribution >= 0.6 is 11.8 Å². The van der Waals surface area contributed by atoms with Crippen LogP contribution in [0.2, 0.25) is 0 Å². The van der Waals surface area contributed by atoms with Gasteiger partial charge in [0.2, 0.25) is 5.91 Å². The second-order valence-electron chi connectivity index (χ2n) is 6.79. The third-order valence-corrected chi connectivity index (χ3v) is 5.32. The number of nitriles is 1. The molecule has 8 heteroatoms. The molecule has 0 aliphatic heterocycles. The molecule has 0 saturated heterocycles. The average Bonchev–Trinajstić information content (AvgIpc) is 2.93. The molecule has 138 valence electrons. The highest BCUT2D eigenvalue weighted by Gasteiger charge is 2.31. The van der Waals surface area contributed by atoms with Crippen molar-refractivity contribution in [3.05, 3.63) is 29.6 Å². The predicted octanol–water partition coefficient (Wildman–Crippen LogP) is 2.81. The van der Waals surface area contributed by atoms with E-state index in [0.29, 0.717) is 10.8 Å². The minimum atomic E-state index is -0.892. The Hall–Kier alpha value is -2.40. The fourth-order valence-electron chi connectivity index (χ4n) is 2.24. The summed E-state index contributed by atoms with van der Waals surface area (Å²) in [6.45, 7) is 11.2. The lowest BCUT2D eigenvalue weighted by Gasteiger charge is -2.28. The molecule has 0 aliphatic carbocycles. The first kappa shape index (κ1) is 19.9. The quantitative estimate of drug-likeness (QED) is 0.783. The normalized spacial score (nSPS) is 14.5. The molecule has 0 bridgehead atoms. The number of aryl methyl sites for hydroxylation is 2. The molecule has 2 rings (SSSR count). The van der Waals surface area contributed by atoms with Gasteiger partial charge in [-0.15, -0.1) is 10.2 Å². The smallest absolute Gasteiger partial charge is 0.234 e. The van der Waals surface area contributed by atoms with E-state index in [9.17, 15) is 10.1 Å². The van der Waals surface area contributed by atoms with E-state index in [0.717, 1.165) is 11.4 Å². The number of nitrogens with zero attached hydrogens (tertiary/aromatic N) is 5. The molecular formula is C18H24N6OS. The van der Waals surface area contributed by atoms with Gasteiger partial charge in [0, 0.05) is 5.69 Å². The molecule has 7 nitrogen and oxygen atoms in total. The summed E-state index contributed by atoms with van der Waals surface area (Å²) in [4.78, 5) is 12.4. The Labute approximate surface area is 158 Å². The number of aromatic nitrogens is 4. The van der Waals surface area contributed by atoms with E-state index >= 15 is 0 Å². The van der Waals surface area contributed by atoms with Gasteiger partial charge < -0.3 is 5.32 Å². The van der Waals surface area contributed by atoms with Crippen LogP contribution in [-0.4, -0.2) is 36.7 Å². The Morgan fingerprint density at radius 3 is 2.46 bits per heavy atom. The van der Waals surface area contributed by atoms with E-state index in [-0.39, 0.29) is 11.8 Å². The molecule has 1 amide bonds. The molecule has 0 saturated carbocycles. The summed E-state index contributed by atoms with van der Waals surface area (Å²) in [5.41, 5.74) is 1.00. The lowest BCUT2D eigenvalue weighted by atomic mass is 9.90. The van der Waals surface area contributed by atoms with Gasteiger partial charge >= 0.3 is 0 Å². The zero-order chi connectivity index (χ0) is 19.5. The fourth-order valence-corrected chi connectivity index (χ4v) is 3.01. The van der Waals surface area contributed by atoms with Gasteiger partial charge in [-0.2, -0.15) is 10.4 Å². The zero-order valence-corrected chi connectivity index (χ0v) is 16.8. The Morgan fingerprint density at radius 2 is 2.00 bits per heavy atom. The average molecular weight is 372 g/mol. The summed E-state index contributed by atoms with van der Waals surface area (Å²) in [5, 5.41) is 25.2. The van der Waals surface area contributed by atoms with Crippen molar-refractivity contribution in [3.63, 3.8) is 0 Å². The number of amides is 1. The highest BCUT2D eigenvalue weighted by molar-refractivity contribution is 8.00. The first-order valence-corrected chi connectivity index (χ1v) is 9.31. The van der Waals surface area contributed by atoms with Gasteiger partial charge in [0.05, 0.1) is 17.0 Å². The monoisotopic (exact) mass is 372 g/mol. The maximum absolute atomic E-state index is 12.4. The van der Waals surface area contributed by atoms with E-state index in [4.69, 9.17) is 0 Å². The molecule has 26 heavy (non-hydrogen) atoms. The Morgan fingerprint density at radius 1 is 1.31 bits per heavy atom. The summed E-state index contributed by atoms with van der Waals surface area (Å²) < 4.78 is 1.73. The van der Waals surface area contributed by atoms with Gasteiger partial charge in [-0.05, 0) is 51.8 Å². The van der Waals surface area contributed by atoms with Gasteiger partial charge in [-0.25, -0.2) is 4.68 Å². The van der Waals surface area contributed by atoms with Crippen LogP contribution in [0.1, 0.15) is 39.1 Å². The van der Waals surface area contributed by atoms with Gasteiger partial charge in [0.25, 0.3) is 0 Å². The number of hydrogen-bond donors (Lipinski definition) is 1. The molecule has 0 aromatic carbocycles. The van der Waals surface area contributed by atoms with Gasteiger partial charge in [-0.3, -0.25) is 4.79 Å². The second kappa shape index (κ2) is 7.87. The summed E-state index contributed by atoms with van der Waals surface area (Å²) in [6.07, 6.45) is 0. The van der Waals surface area contributed by atoms with Crippen LogP contribution < -0.4 is 5.32 Å². The van der Waals surface area contributed by atoms with Crippen LogP contribution in [0, 0.1) is 31.1 Å². The molecule has 2 unspecified atom stereocenters. The van der Waals surface area contributed by atoms with Crippen molar-refractivity contribution in [2.45, 2.75) is 57.4 Å². The fraction of sp³-hybridized carbons (Fsp3) is 0.500. The SMILES string of the molecule is Cc1cc(C)n(-c2ccc(SC(C)C(=O)NC(C)(C#N)C(C)C)nn2)n1. The second-order valence-corrected chi connectivity index (χ2v) is 8.15. The van der Waals surface area contributed by atoms with Crippen LogP contribution in [0.5, 0.6) is 0 Å². The molecule has 2 aromatic rings. The van der Waals surface area contributed by atoms with E-state index in [1.165, 1.54) is 11.8 Å². The number of rotatable bonds is 6. The number of nitrogens with one attached hydrogen (secondary N) is 1. The molecule has 0 fully saturated rings. The van der Waals surface area contributed by atoms with Crippen molar-refractivity contribution in [3.8, 4) is 11.9 Å². The molecular weight excluding hydrogens is 348 g/mol. The minimum absolute atomic E-state index is 0.00786. The van der Waals surface area contributed by atoms with Crippen molar-refractivity contribution < 1.29 is 4.79 Å². The first-order valence-electron chi connectivity index (χ1n) is 8.43. The van der Waals surface area contributed by atoms with E-state index in [2.05, 4.69) is 26.7 Å². The summed E-state index contributed by atoms with van der Waals surface area (Å²) in [6, 6.07) is 7.80. The topological polar surface area (TPSA) is 96.5 Å². The third-order valence-electron chi connectivity index (χ3n) is 4.29. The molecule has 0 aliphatic rings. The molecule has 2 aromatic heterocycles. The number of carbonyl (C=O) groups is 1. The predicted molar refractivity (Wildman–Crippen MR) is 101 cm³/mol. The first-order chi connectivity index (χ1) is 12.2. The van der Waals surface area contributed by atoms with E-state index < -0.39 is 10.8 Å². The van der Waals surface area contributed by atoms with Gasteiger partial charge in [0.1, 0.15) is 10.6 Å². The molecule has 1 N–H and O–H groups in total. The summed E-state index contributed by atoms with van der Waals surface area (Å²) >= 11 is 1.30. The highest BCUT2D eigenvalue weighted by Crippen LogP contribution is 2.23. The van der Waals surface area contributed by atoms with Crippen molar-refractivity contribution in [1.82, 2.24) is 25.3 Å². The number of thioether (sulfide) groups is 1. The Balaban J connectivity index is 2.05. The molecule has 0 spiro atoms. The molecule has 2 heterocycles. The van der Waals surface area contributed by atoms with Crippen molar-refractivity contribution in [2.24, 2.45) is 5.92 Å².